The highest BCUT2D eigenvalue weighted by Gasteiger charge is 2.31. The zero-order valence-electron chi connectivity index (χ0n) is 14.6. The predicted octanol–water partition coefficient (Wildman–Crippen LogP) is 3.36. The molecule has 1 fully saturated rings. The van der Waals surface area contributed by atoms with Crippen LogP contribution in [0.2, 0.25) is 0 Å². The Labute approximate surface area is 151 Å². The number of nitrogens with zero attached hydrogens (tertiary/aromatic N) is 2. The van der Waals surface area contributed by atoms with E-state index in [4.69, 9.17) is 0 Å². The number of piperazine rings is 1. The number of hydrogen-bond acceptors (Lipinski definition) is 3. The van der Waals surface area contributed by atoms with Crippen molar-refractivity contribution >= 4 is 16.8 Å². The summed E-state index contributed by atoms with van der Waals surface area (Å²) in [6, 6.07) is 13.9. The van der Waals surface area contributed by atoms with Crippen LogP contribution >= 0.6 is 0 Å². The summed E-state index contributed by atoms with van der Waals surface area (Å²) in [7, 11) is 0. The van der Waals surface area contributed by atoms with E-state index in [1.54, 1.807) is 18.3 Å². The van der Waals surface area contributed by atoms with Gasteiger partial charge in [0.05, 0.1) is 5.52 Å². The summed E-state index contributed by atoms with van der Waals surface area (Å²) in [5.41, 5.74) is 3.91. The zero-order valence-corrected chi connectivity index (χ0v) is 14.6. The third-order valence-corrected chi connectivity index (χ3v) is 4.91. The summed E-state index contributed by atoms with van der Waals surface area (Å²) >= 11 is 0. The minimum atomic E-state index is -0.493. The monoisotopic (exact) mass is 349 g/mol. The van der Waals surface area contributed by atoms with Crippen molar-refractivity contribution in [3.8, 4) is 0 Å². The standard InChI is InChI=1S/C21H20FN3O/c1-14-7-8-16(18-6-3-9-23-19(14)18)13-25-11-10-24-21(26)20(25)15-4-2-5-17(22)12-15/h2-9,12,20H,10-11,13H2,1H3,(H,24,26)/t20-/m0/s1. The van der Waals surface area contributed by atoms with Gasteiger partial charge in [-0.1, -0.05) is 30.3 Å². The van der Waals surface area contributed by atoms with Crippen molar-refractivity contribution in [2.45, 2.75) is 19.5 Å². The topological polar surface area (TPSA) is 45.2 Å². The van der Waals surface area contributed by atoms with Gasteiger partial charge in [-0.15, -0.1) is 0 Å². The molecule has 132 valence electrons. The Balaban J connectivity index is 1.72. The average Bonchev–Trinajstić information content (AvgIpc) is 2.64. The molecule has 1 amide bonds. The fourth-order valence-electron chi connectivity index (χ4n) is 3.65. The minimum absolute atomic E-state index is 0.0867. The number of carbonyl (C=O) groups is 1. The second-order valence-corrected chi connectivity index (χ2v) is 6.66. The first-order valence-electron chi connectivity index (χ1n) is 8.74. The van der Waals surface area contributed by atoms with Crippen molar-refractivity contribution in [1.29, 1.82) is 0 Å². The molecule has 0 spiro atoms. The molecule has 4 rings (SSSR count). The molecule has 0 radical (unpaired) electrons. The van der Waals surface area contributed by atoms with Gasteiger partial charge in [-0.25, -0.2) is 4.39 Å². The number of pyridine rings is 1. The molecule has 0 saturated carbocycles. The molecular weight excluding hydrogens is 329 g/mol. The third kappa shape index (κ3) is 3.06. The average molecular weight is 349 g/mol. The quantitative estimate of drug-likeness (QED) is 0.789. The van der Waals surface area contributed by atoms with E-state index in [0.717, 1.165) is 22.0 Å². The van der Waals surface area contributed by atoms with Crippen molar-refractivity contribution in [2.75, 3.05) is 13.1 Å². The van der Waals surface area contributed by atoms with E-state index in [-0.39, 0.29) is 11.7 Å². The van der Waals surface area contributed by atoms with Crippen molar-refractivity contribution in [3.05, 3.63) is 77.2 Å². The molecule has 0 aliphatic carbocycles. The summed E-state index contributed by atoms with van der Waals surface area (Å²) in [6.45, 7) is 3.95. The molecule has 2 heterocycles. The number of amides is 1. The number of hydrogen-bond donors (Lipinski definition) is 1. The van der Waals surface area contributed by atoms with Gasteiger partial charge in [0.25, 0.3) is 0 Å². The second-order valence-electron chi connectivity index (χ2n) is 6.66. The molecule has 0 bridgehead atoms. The molecule has 1 aliphatic heterocycles. The van der Waals surface area contributed by atoms with Crippen LogP contribution < -0.4 is 5.32 Å². The number of rotatable bonds is 3. The van der Waals surface area contributed by atoms with E-state index >= 15 is 0 Å². The summed E-state index contributed by atoms with van der Waals surface area (Å²) in [4.78, 5) is 19.1. The number of halogens is 1. The molecule has 1 aliphatic rings. The lowest BCUT2D eigenvalue weighted by atomic mass is 9.99. The van der Waals surface area contributed by atoms with Crippen molar-refractivity contribution < 1.29 is 9.18 Å². The van der Waals surface area contributed by atoms with Gasteiger partial charge in [-0.05, 0) is 41.8 Å². The van der Waals surface area contributed by atoms with Gasteiger partial charge >= 0.3 is 0 Å². The van der Waals surface area contributed by atoms with Crippen LogP contribution in [-0.4, -0.2) is 28.9 Å². The number of aryl methyl sites for hydroxylation is 1. The van der Waals surface area contributed by atoms with Crippen LogP contribution in [0.4, 0.5) is 4.39 Å². The molecule has 26 heavy (non-hydrogen) atoms. The lowest BCUT2D eigenvalue weighted by molar-refractivity contribution is -0.129. The van der Waals surface area contributed by atoms with E-state index in [1.807, 2.05) is 13.0 Å². The van der Waals surface area contributed by atoms with Crippen molar-refractivity contribution in [1.82, 2.24) is 15.2 Å². The third-order valence-electron chi connectivity index (χ3n) is 4.91. The molecule has 4 nitrogen and oxygen atoms in total. The molecule has 1 N–H and O–H groups in total. The Hall–Kier alpha value is -2.79. The molecule has 1 saturated heterocycles. The highest BCUT2D eigenvalue weighted by molar-refractivity contribution is 5.86. The maximum absolute atomic E-state index is 13.7. The maximum atomic E-state index is 13.7. The Morgan fingerprint density at radius 3 is 2.96 bits per heavy atom. The largest absolute Gasteiger partial charge is 0.353 e. The fraction of sp³-hybridized carbons (Fsp3) is 0.238. The molecular formula is C21H20FN3O. The van der Waals surface area contributed by atoms with E-state index in [2.05, 4.69) is 33.4 Å². The van der Waals surface area contributed by atoms with Gasteiger partial charge in [-0.3, -0.25) is 14.7 Å². The molecule has 1 aromatic heterocycles. The lowest BCUT2D eigenvalue weighted by Gasteiger charge is -2.35. The van der Waals surface area contributed by atoms with Gasteiger partial charge in [0.2, 0.25) is 5.91 Å². The highest BCUT2D eigenvalue weighted by Crippen LogP contribution is 2.28. The number of aromatic nitrogens is 1. The number of fused-ring (bicyclic) bond motifs is 1. The second kappa shape index (κ2) is 6.84. The van der Waals surface area contributed by atoms with Crippen LogP contribution in [0.25, 0.3) is 10.9 Å². The van der Waals surface area contributed by atoms with Gasteiger partial charge < -0.3 is 5.32 Å². The summed E-state index contributed by atoms with van der Waals surface area (Å²) in [5.74, 6) is -0.415. The first-order chi connectivity index (χ1) is 12.6. The van der Waals surface area contributed by atoms with Gasteiger partial charge in [0, 0.05) is 31.2 Å². The Morgan fingerprint density at radius 1 is 1.23 bits per heavy atom. The Morgan fingerprint density at radius 2 is 2.12 bits per heavy atom. The van der Waals surface area contributed by atoms with Crippen LogP contribution in [0.3, 0.4) is 0 Å². The highest BCUT2D eigenvalue weighted by atomic mass is 19.1. The first kappa shape index (κ1) is 16.7. The van der Waals surface area contributed by atoms with E-state index in [0.29, 0.717) is 25.2 Å². The minimum Gasteiger partial charge on any atom is -0.353 e. The Kier molecular flexibility index (Phi) is 4.39. The predicted molar refractivity (Wildman–Crippen MR) is 99.0 cm³/mol. The van der Waals surface area contributed by atoms with Crippen LogP contribution in [0.5, 0.6) is 0 Å². The van der Waals surface area contributed by atoms with Crippen LogP contribution in [-0.2, 0) is 11.3 Å². The van der Waals surface area contributed by atoms with Gasteiger partial charge in [0.15, 0.2) is 0 Å². The smallest absolute Gasteiger partial charge is 0.242 e. The lowest BCUT2D eigenvalue weighted by Crippen LogP contribution is -2.49. The molecule has 1 atom stereocenters. The summed E-state index contributed by atoms with van der Waals surface area (Å²) in [5, 5.41) is 3.99. The molecule has 5 heteroatoms. The molecule has 0 unspecified atom stereocenters. The maximum Gasteiger partial charge on any atom is 0.242 e. The van der Waals surface area contributed by atoms with Gasteiger partial charge in [-0.2, -0.15) is 0 Å². The van der Waals surface area contributed by atoms with E-state index < -0.39 is 6.04 Å². The summed E-state index contributed by atoms with van der Waals surface area (Å²) < 4.78 is 13.7. The normalized spacial score (nSPS) is 18.1. The number of benzene rings is 2. The van der Waals surface area contributed by atoms with Crippen LogP contribution in [0.1, 0.15) is 22.7 Å². The number of carbonyl (C=O) groups excluding carboxylic acids is 1. The Bertz CT molecular complexity index is 972. The fourth-order valence-corrected chi connectivity index (χ4v) is 3.65. The van der Waals surface area contributed by atoms with Crippen molar-refractivity contribution in [3.63, 3.8) is 0 Å². The zero-order chi connectivity index (χ0) is 18.1. The van der Waals surface area contributed by atoms with E-state index in [9.17, 15) is 9.18 Å². The molecule has 3 aromatic rings. The van der Waals surface area contributed by atoms with E-state index in [1.165, 1.54) is 12.1 Å². The van der Waals surface area contributed by atoms with Gasteiger partial charge in [0.1, 0.15) is 11.9 Å². The van der Waals surface area contributed by atoms with Crippen LogP contribution in [0.15, 0.2) is 54.7 Å². The first-order valence-corrected chi connectivity index (χ1v) is 8.74. The molecule has 2 aromatic carbocycles. The summed E-state index contributed by atoms with van der Waals surface area (Å²) in [6.07, 6.45) is 1.79. The van der Waals surface area contributed by atoms with Crippen molar-refractivity contribution in [2.24, 2.45) is 0 Å². The SMILES string of the molecule is Cc1ccc(CN2CCNC(=O)[C@@H]2c2cccc(F)c2)c2cccnc12. The van der Waals surface area contributed by atoms with Crippen LogP contribution in [0, 0.1) is 12.7 Å². The number of nitrogens with one attached hydrogen (secondary N) is 1.